The number of hydrogen-bond donors (Lipinski definition) is 0. The number of rotatable bonds is 4. The van der Waals surface area contributed by atoms with Crippen LogP contribution in [0.15, 0.2) is 21.7 Å². The Kier molecular flexibility index (Phi) is 5.59. The molecular weight excluding hydrogens is 346 g/mol. The molecule has 6 nitrogen and oxygen atoms in total. The van der Waals surface area contributed by atoms with E-state index in [0.29, 0.717) is 30.3 Å². The average Bonchev–Trinajstić information content (AvgIpc) is 3.17. The van der Waals surface area contributed by atoms with Crippen LogP contribution in [0.1, 0.15) is 26.2 Å². The number of nitrogens with zero attached hydrogens (tertiary/aromatic N) is 3. The van der Waals surface area contributed by atoms with Crippen LogP contribution in [0.25, 0.3) is 0 Å². The minimum absolute atomic E-state index is 0.0226. The molecule has 3 rings (SSSR count). The zero-order valence-electron chi connectivity index (χ0n) is 14.1. The largest absolute Gasteiger partial charge is 0.339 e. The standard InChI is InChI=1S/C16H25N3O3S2/c1-2-17-9-11-18(12-10-17)16(20)14-6-3-4-8-19(14)24(21,22)15-7-5-13-23-15/h5,7,13-14H,2-4,6,8-12H2,1H3. The van der Waals surface area contributed by atoms with Crippen molar-refractivity contribution in [3.05, 3.63) is 17.5 Å². The number of thiophene rings is 1. The lowest BCUT2D eigenvalue weighted by Crippen LogP contribution is -2.56. The fraction of sp³-hybridized carbons (Fsp3) is 0.688. The van der Waals surface area contributed by atoms with Crippen molar-refractivity contribution in [2.24, 2.45) is 0 Å². The summed E-state index contributed by atoms with van der Waals surface area (Å²) in [5.41, 5.74) is 0. The molecule has 2 fully saturated rings. The van der Waals surface area contributed by atoms with Crippen LogP contribution in [0.2, 0.25) is 0 Å². The minimum Gasteiger partial charge on any atom is -0.339 e. The third kappa shape index (κ3) is 3.51. The molecule has 3 heterocycles. The molecule has 0 aliphatic carbocycles. The second-order valence-corrected chi connectivity index (χ2v) is 9.38. The fourth-order valence-corrected chi connectivity index (χ4v) is 6.23. The lowest BCUT2D eigenvalue weighted by Gasteiger charge is -2.39. The first-order valence-electron chi connectivity index (χ1n) is 8.60. The Hall–Kier alpha value is -0.960. The van der Waals surface area contributed by atoms with Crippen LogP contribution in [0.3, 0.4) is 0 Å². The number of amides is 1. The molecule has 2 saturated heterocycles. The lowest BCUT2D eigenvalue weighted by molar-refractivity contribution is -0.138. The van der Waals surface area contributed by atoms with E-state index < -0.39 is 16.1 Å². The van der Waals surface area contributed by atoms with E-state index in [-0.39, 0.29) is 5.91 Å². The van der Waals surface area contributed by atoms with Gasteiger partial charge in [-0.3, -0.25) is 4.79 Å². The highest BCUT2D eigenvalue weighted by Gasteiger charge is 2.40. The highest BCUT2D eigenvalue weighted by molar-refractivity contribution is 7.91. The van der Waals surface area contributed by atoms with Gasteiger partial charge in [-0.25, -0.2) is 8.42 Å². The van der Waals surface area contributed by atoms with Gasteiger partial charge < -0.3 is 9.80 Å². The minimum atomic E-state index is -3.57. The van der Waals surface area contributed by atoms with Gasteiger partial charge in [0, 0.05) is 32.7 Å². The monoisotopic (exact) mass is 371 g/mol. The van der Waals surface area contributed by atoms with Gasteiger partial charge in [0.1, 0.15) is 10.3 Å². The summed E-state index contributed by atoms with van der Waals surface area (Å²) in [6, 6.07) is 2.82. The van der Waals surface area contributed by atoms with Gasteiger partial charge in [0.2, 0.25) is 5.91 Å². The Morgan fingerprint density at radius 2 is 1.96 bits per heavy atom. The van der Waals surface area contributed by atoms with Crippen molar-refractivity contribution in [2.75, 3.05) is 39.3 Å². The molecule has 0 radical (unpaired) electrons. The van der Waals surface area contributed by atoms with Crippen LogP contribution in [-0.4, -0.2) is 73.7 Å². The molecule has 0 bridgehead atoms. The molecule has 0 spiro atoms. The Bertz CT molecular complexity index is 652. The summed E-state index contributed by atoms with van der Waals surface area (Å²) in [7, 11) is -3.57. The van der Waals surface area contributed by atoms with Crippen LogP contribution >= 0.6 is 11.3 Å². The molecular formula is C16H25N3O3S2. The quantitative estimate of drug-likeness (QED) is 0.804. The van der Waals surface area contributed by atoms with E-state index in [9.17, 15) is 13.2 Å². The first-order valence-corrected chi connectivity index (χ1v) is 10.9. The Morgan fingerprint density at radius 1 is 1.21 bits per heavy atom. The number of sulfonamides is 1. The number of piperidine rings is 1. The van der Waals surface area contributed by atoms with Gasteiger partial charge in [-0.15, -0.1) is 11.3 Å². The SMILES string of the molecule is CCN1CCN(C(=O)C2CCCCN2S(=O)(=O)c2cccs2)CC1. The molecule has 8 heteroatoms. The topological polar surface area (TPSA) is 60.9 Å². The fourth-order valence-electron chi connectivity index (χ4n) is 3.46. The zero-order valence-corrected chi connectivity index (χ0v) is 15.7. The van der Waals surface area contributed by atoms with E-state index >= 15 is 0 Å². The van der Waals surface area contributed by atoms with E-state index in [1.807, 2.05) is 4.90 Å². The van der Waals surface area contributed by atoms with Gasteiger partial charge in [0.25, 0.3) is 10.0 Å². The van der Waals surface area contributed by atoms with Crippen molar-refractivity contribution in [1.82, 2.24) is 14.1 Å². The smallest absolute Gasteiger partial charge is 0.253 e. The average molecular weight is 372 g/mol. The van der Waals surface area contributed by atoms with Gasteiger partial charge in [-0.05, 0) is 30.8 Å². The molecule has 1 atom stereocenters. The van der Waals surface area contributed by atoms with E-state index in [1.165, 1.54) is 15.6 Å². The molecule has 2 aliphatic rings. The van der Waals surface area contributed by atoms with Crippen molar-refractivity contribution in [1.29, 1.82) is 0 Å². The van der Waals surface area contributed by atoms with Crippen molar-refractivity contribution in [2.45, 2.75) is 36.4 Å². The van der Waals surface area contributed by atoms with Crippen LogP contribution in [-0.2, 0) is 14.8 Å². The molecule has 2 aliphatic heterocycles. The van der Waals surface area contributed by atoms with E-state index in [4.69, 9.17) is 0 Å². The molecule has 1 unspecified atom stereocenters. The summed E-state index contributed by atoms with van der Waals surface area (Å²) < 4.78 is 27.6. The van der Waals surface area contributed by atoms with Crippen molar-refractivity contribution >= 4 is 27.3 Å². The molecule has 0 N–H and O–H groups in total. The van der Waals surface area contributed by atoms with Crippen molar-refractivity contribution < 1.29 is 13.2 Å². The number of likely N-dealkylation sites (N-methyl/N-ethyl adjacent to an activating group) is 1. The maximum Gasteiger partial charge on any atom is 0.253 e. The van der Waals surface area contributed by atoms with Crippen LogP contribution in [0.5, 0.6) is 0 Å². The second-order valence-electron chi connectivity index (χ2n) is 6.32. The van der Waals surface area contributed by atoms with E-state index in [0.717, 1.165) is 32.5 Å². The molecule has 1 aromatic heterocycles. The molecule has 24 heavy (non-hydrogen) atoms. The van der Waals surface area contributed by atoms with Crippen molar-refractivity contribution in [3.63, 3.8) is 0 Å². The molecule has 134 valence electrons. The predicted octanol–water partition coefficient (Wildman–Crippen LogP) is 1.46. The van der Waals surface area contributed by atoms with Crippen LogP contribution in [0.4, 0.5) is 0 Å². The predicted molar refractivity (Wildman–Crippen MR) is 94.5 cm³/mol. The van der Waals surface area contributed by atoms with Gasteiger partial charge in [0.05, 0.1) is 0 Å². The summed E-state index contributed by atoms with van der Waals surface area (Å²) in [6.45, 7) is 6.66. The van der Waals surface area contributed by atoms with Gasteiger partial charge >= 0.3 is 0 Å². The van der Waals surface area contributed by atoms with Gasteiger partial charge in [-0.2, -0.15) is 4.31 Å². The third-order valence-corrected chi connectivity index (χ3v) is 8.21. The molecule has 0 aromatic carbocycles. The zero-order chi connectivity index (χ0) is 17.2. The number of carbonyl (C=O) groups excluding carboxylic acids is 1. The third-order valence-electron chi connectivity index (χ3n) is 4.93. The maximum absolute atomic E-state index is 13.0. The summed E-state index contributed by atoms with van der Waals surface area (Å²) in [5, 5.41) is 1.76. The first-order chi connectivity index (χ1) is 11.5. The number of carbonyl (C=O) groups is 1. The van der Waals surface area contributed by atoms with Gasteiger partial charge in [0.15, 0.2) is 0 Å². The Morgan fingerprint density at radius 3 is 2.58 bits per heavy atom. The second kappa shape index (κ2) is 7.51. The lowest BCUT2D eigenvalue weighted by atomic mass is 10.0. The highest BCUT2D eigenvalue weighted by atomic mass is 32.2. The highest BCUT2D eigenvalue weighted by Crippen LogP contribution is 2.29. The Labute approximate surface area is 148 Å². The first kappa shape index (κ1) is 17.8. The molecule has 1 amide bonds. The number of hydrogen-bond acceptors (Lipinski definition) is 5. The van der Waals surface area contributed by atoms with Crippen LogP contribution < -0.4 is 0 Å². The molecule has 1 aromatic rings. The normalized spacial score (nSPS) is 24.2. The summed E-state index contributed by atoms with van der Waals surface area (Å²) in [4.78, 5) is 17.1. The van der Waals surface area contributed by atoms with Gasteiger partial charge in [-0.1, -0.05) is 19.4 Å². The summed E-state index contributed by atoms with van der Waals surface area (Å²) >= 11 is 1.21. The van der Waals surface area contributed by atoms with E-state index in [1.54, 1.807) is 17.5 Å². The maximum atomic E-state index is 13.0. The number of piperazine rings is 1. The Balaban J connectivity index is 1.76. The summed E-state index contributed by atoms with van der Waals surface area (Å²) in [6.07, 6.45) is 2.34. The van der Waals surface area contributed by atoms with Crippen molar-refractivity contribution in [3.8, 4) is 0 Å². The van der Waals surface area contributed by atoms with E-state index in [2.05, 4.69) is 11.8 Å². The summed E-state index contributed by atoms with van der Waals surface area (Å²) in [5.74, 6) is -0.0226. The molecule has 0 saturated carbocycles. The van der Waals surface area contributed by atoms with Crippen LogP contribution in [0, 0.1) is 0 Å².